The van der Waals surface area contributed by atoms with Crippen molar-refractivity contribution in [1.29, 1.82) is 0 Å². The van der Waals surface area contributed by atoms with E-state index >= 15 is 0 Å². The van der Waals surface area contributed by atoms with Gasteiger partial charge in [0.05, 0.1) is 6.10 Å². The first-order valence-corrected chi connectivity index (χ1v) is 9.64. The molecule has 1 aromatic heterocycles. The summed E-state index contributed by atoms with van der Waals surface area (Å²) in [6.07, 6.45) is 2.27. The Kier molecular flexibility index (Phi) is 5.71. The molecule has 0 saturated carbocycles. The van der Waals surface area contributed by atoms with Crippen LogP contribution in [0.15, 0.2) is 29.6 Å². The molecule has 0 spiro atoms. The van der Waals surface area contributed by atoms with Crippen LogP contribution in [0, 0.1) is 0 Å². The van der Waals surface area contributed by atoms with Crippen molar-refractivity contribution >= 4 is 17.2 Å². The van der Waals surface area contributed by atoms with E-state index in [0.717, 1.165) is 42.3 Å². The molecule has 0 bridgehead atoms. The normalized spacial score (nSPS) is 17.3. The number of hydrogen-bond acceptors (Lipinski definition) is 5. The van der Waals surface area contributed by atoms with Gasteiger partial charge in [0.25, 0.3) is 5.91 Å². The number of ether oxygens (including phenoxy) is 1. The largest absolute Gasteiger partial charge is 0.491 e. The Morgan fingerprint density at radius 2 is 2.16 bits per heavy atom. The molecule has 1 N–H and O–H groups in total. The molecule has 1 unspecified atom stereocenters. The van der Waals surface area contributed by atoms with Crippen LogP contribution in [0.4, 0.5) is 0 Å². The van der Waals surface area contributed by atoms with Gasteiger partial charge in [-0.15, -0.1) is 11.3 Å². The highest BCUT2D eigenvalue weighted by atomic mass is 32.1. The predicted molar refractivity (Wildman–Crippen MR) is 101 cm³/mol. The minimum absolute atomic E-state index is 0.0417. The summed E-state index contributed by atoms with van der Waals surface area (Å²) < 4.78 is 5.67. The van der Waals surface area contributed by atoms with Crippen molar-refractivity contribution in [3.05, 3.63) is 35.3 Å². The molecule has 0 aliphatic carbocycles. The van der Waals surface area contributed by atoms with Gasteiger partial charge in [-0.2, -0.15) is 0 Å². The molecule has 6 heteroatoms. The summed E-state index contributed by atoms with van der Waals surface area (Å²) in [6.45, 7) is 5.66. The van der Waals surface area contributed by atoms with Crippen LogP contribution in [0.2, 0.25) is 0 Å². The molecule has 5 nitrogen and oxygen atoms in total. The molecular formula is C19H25N3O2S. The molecule has 134 valence electrons. The average molecular weight is 359 g/mol. The van der Waals surface area contributed by atoms with Crippen LogP contribution < -0.4 is 10.1 Å². The second kappa shape index (κ2) is 7.97. The van der Waals surface area contributed by atoms with Crippen LogP contribution in [-0.4, -0.2) is 48.1 Å². The number of nitrogens with one attached hydrogen (secondary N) is 1. The van der Waals surface area contributed by atoms with Crippen molar-refractivity contribution in [2.75, 3.05) is 20.1 Å². The van der Waals surface area contributed by atoms with E-state index in [1.54, 1.807) is 0 Å². The third kappa shape index (κ3) is 4.19. The number of amides is 1. The number of aromatic nitrogens is 1. The highest BCUT2D eigenvalue weighted by molar-refractivity contribution is 7.13. The summed E-state index contributed by atoms with van der Waals surface area (Å²) in [4.78, 5) is 19.3. The third-order valence-electron chi connectivity index (χ3n) is 4.27. The number of hydrogen-bond donors (Lipinski definition) is 1. The van der Waals surface area contributed by atoms with Gasteiger partial charge in [0.1, 0.15) is 16.5 Å². The molecule has 1 atom stereocenters. The summed E-state index contributed by atoms with van der Waals surface area (Å²) in [6, 6.07) is 8.15. The highest BCUT2D eigenvalue weighted by Crippen LogP contribution is 2.27. The van der Waals surface area contributed by atoms with E-state index in [1.807, 2.05) is 55.4 Å². The van der Waals surface area contributed by atoms with Crippen molar-refractivity contribution in [2.24, 2.45) is 0 Å². The van der Waals surface area contributed by atoms with Crippen molar-refractivity contribution in [3.63, 3.8) is 0 Å². The van der Waals surface area contributed by atoms with Crippen molar-refractivity contribution in [1.82, 2.24) is 15.2 Å². The lowest BCUT2D eigenvalue weighted by Gasteiger charge is -2.23. The molecule has 1 fully saturated rings. The van der Waals surface area contributed by atoms with E-state index in [1.165, 1.54) is 11.3 Å². The van der Waals surface area contributed by atoms with Gasteiger partial charge in [-0.25, -0.2) is 4.98 Å². The Hall–Kier alpha value is -1.92. The molecule has 1 aromatic carbocycles. The molecule has 1 aliphatic heterocycles. The Labute approximate surface area is 153 Å². The maximum absolute atomic E-state index is 12.8. The van der Waals surface area contributed by atoms with Crippen LogP contribution >= 0.6 is 11.3 Å². The van der Waals surface area contributed by atoms with Crippen LogP contribution in [0.25, 0.3) is 10.6 Å². The van der Waals surface area contributed by atoms with Crippen LogP contribution in [0.1, 0.15) is 37.2 Å². The highest BCUT2D eigenvalue weighted by Gasteiger charge is 2.30. The second-order valence-corrected chi connectivity index (χ2v) is 7.44. The fourth-order valence-corrected chi connectivity index (χ4v) is 3.95. The lowest BCUT2D eigenvalue weighted by Crippen LogP contribution is -2.40. The fraction of sp³-hybridized carbons (Fsp3) is 0.474. The molecule has 2 heterocycles. The quantitative estimate of drug-likeness (QED) is 0.859. The first kappa shape index (κ1) is 17.9. The molecule has 2 aromatic rings. The van der Waals surface area contributed by atoms with Gasteiger partial charge in [0.2, 0.25) is 0 Å². The van der Waals surface area contributed by atoms with Crippen LogP contribution in [0.3, 0.4) is 0 Å². The number of rotatable bonds is 6. The van der Waals surface area contributed by atoms with Gasteiger partial charge in [-0.3, -0.25) is 4.79 Å². The van der Waals surface area contributed by atoms with E-state index in [0.29, 0.717) is 5.69 Å². The first-order chi connectivity index (χ1) is 12.1. The number of benzene rings is 1. The van der Waals surface area contributed by atoms with Crippen LogP contribution in [0.5, 0.6) is 5.75 Å². The minimum atomic E-state index is 0.0417. The Morgan fingerprint density at radius 3 is 2.84 bits per heavy atom. The SMILES string of the molecule is CNCC1CCCN1C(=O)c1csc(-c2ccc(OC(C)C)cc2)n1. The average Bonchev–Trinajstić information content (AvgIpc) is 3.24. The van der Waals surface area contributed by atoms with E-state index in [2.05, 4.69) is 10.3 Å². The number of likely N-dealkylation sites (tertiary alicyclic amines) is 1. The summed E-state index contributed by atoms with van der Waals surface area (Å²) in [7, 11) is 1.93. The van der Waals surface area contributed by atoms with Gasteiger partial charge < -0.3 is 15.0 Å². The minimum Gasteiger partial charge on any atom is -0.491 e. The molecule has 25 heavy (non-hydrogen) atoms. The van der Waals surface area contributed by atoms with Crippen molar-refractivity contribution in [3.8, 4) is 16.3 Å². The molecule has 1 aliphatic rings. The number of likely N-dealkylation sites (N-methyl/N-ethyl adjacent to an activating group) is 1. The molecule has 1 amide bonds. The summed E-state index contributed by atoms with van der Waals surface area (Å²) >= 11 is 1.51. The van der Waals surface area contributed by atoms with Gasteiger partial charge in [0.15, 0.2) is 0 Å². The maximum atomic E-state index is 12.8. The second-order valence-electron chi connectivity index (χ2n) is 6.58. The summed E-state index contributed by atoms with van der Waals surface area (Å²) in [5, 5.41) is 5.90. The molecule has 0 radical (unpaired) electrons. The van der Waals surface area contributed by atoms with Crippen molar-refractivity contribution in [2.45, 2.75) is 38.8 Å². The van der Waals surface area contributed by atoms with Crippen molar-refractivity contribution < 1.29 is 9.53 Å². The number of nitrogens with zero attached hydrogens (tertiary/aromatic N) is 2. The van der Waals surface area contributed by atoms with Gasteiger partial charge in [-0.1, -0.05) is 0 Å². The molecule has 3 rings (SSSR count). The number of thiazole rings is 1. The van der Waals surface area contributed by atoms with E-state index < -0.39 is 0 Å². The zero-order valence-corrected chi connectivity index (χ0v) is 15.8. The Morgan fingerprint density at radius 1 is 1.40 bits per heavy atom. The van der Waals surface area contributed by atoms with Crippen LogP contribution in [-0.2, 0) is 0 Å². The molecular weight excluding hydrogens is 334 g/mol. The number of carbonyl (C=O) groups is 1. The maximum Gasteiger partial charge on any atom is 0.273 e. The first-order valence-electron chi connectivity index (χ1n) is 8.76. The van der Waals surface area contributed by atoms with Gasteiger partial charge in [-0.05, 0) is 58.0 Å². The standard InChI is InChI=1S/C19H25N3O2S/c1-13(2)24-16-8-6-14(7-9-16)18-21-17(12-25-18)19(23)22-10-4-5-15(22)11-20-3/h6-9,12-13,15,20H,4-5,10-11H2,1-3H3. The predicted octanol–water partition coefficient (Wildman–Crippen LogP) is 3.42. The summed E-state index contributed by atoms with van der Waals surface area (Å²) in [5.41, 5.74) is 1.55. The zero-order chi connectivity index (χ0) is 17.8. The van der Waals surface area contributed by atoms with Gasteiger partial charge >= 0.3 is 0 Å². The Bertz CT molecular complexity index is 712. The fourth-order valence-electron chi connectivity index (χ4n) is 3.15. The monoisotopic (exact) mass is 359 g/mol. The topological polar surface area (TPSA) is 54.5 Å². The van der Waals surface area contributed by atoms with Gasteiger partial charge in [0, 0.05) is 30.1 Å². The third-order valence-corrected chi connectivity index (χ3v) is 5.17. The summed E-state index contributed by atoms with van der Waals surface area (Å²) in [5.74, 6) is 0.888. The van der Waals surface area contributed by atoms with E-state index in [4.69, 9.17) is 4.74 Å². The Balaban J connectivity index is 1.72. The molecule has 1 saturated heterocycles. The van der Waals surface area contributed by atoms with E-state index in [9.17, 15) is 4.79 Å². The zero-order valence-electron chi connectivity index (χ0n) is 15.0. The smallest absolute Gasteiger partial charge is 0.273 e. The van der Waals surface area contributed by atoms with E-state index in [-0.39, 0.29) is 18.1 Å². The lowest BCUT2D eigenvalue weighted by atomic mass is 10.2. The number of carbonyl (C=O) groups excluding carboxylic acids is 1. The lowest BCUT2D eigenvalue weighted by molar-refractivity contribution is 0.0732.